The molecule has 0 aliphatic carbocycles. The van der Waals surface area contributed by atoms with E-state index in [0.717, 1.165) is 31.4 Å². The second-order valence-electron chi connectivity index (χ2n) is 5.01. The van der Waals surface area contributed by atoms with Gasteiger partial charge in [-0.05, 0) is 31.0 Å². The molecule has 1 unspecified atom stereocenters. The van der Waals surface area contributed by atoms with Crippen LogP contribution in [0.15, 0.2) is 18.2 Å². The Kier molecular flexibility index (Phi) is 4.50. The van der Waals surface area contributed by atoms with Crippen molar-refractivity contribution >= 4 is 5.91 Å². The topological polar surface area (TPSA) is 72.3 Å². The summed E-state index contributed by atoms with van der Waals surface area (Å²) >= 11 is 0. The number of hydrogen-bond acceptors (Lipinski definition) is 3. The molecule has 1 heterocycles. The predicted octanol–water partition coefficient (Wildman–Crippen LogP) is 1.12. The number of piperidine rings is 1. The Morgan fingerprint density at radius 3 is 2.84 bits per heavy atom. The van der Waals surface area contributed by atoms with Crippen molar-refractivity contribution in [2.24, 2.45) is 11.5 Å². The van der Waals surface area contributed by atoms with Crippen molar-refractivity contribution in [2.75, 3.05) is 6.54 Å². The molecule has 1 aromatic rings. The maximum Gasteiger partial charge on any atom is 0.234 e. The highest BCUT2D eigenvalue weighted by atomic mass is 19.1. The third-order valence-corrected chi connectivity index (χ3v) is 3.67. The molecule has 0 radical (unpaired) electrons. The zero-order valence-electron chi connectivity index (χ0n) is 10.9. The first-order chi connectivity index (χ1) is 9.11. The van der Waals surface area contributed by atoms with Gasteiger partial charge in [0.15, 0.2) is 0 Å². The van der Waals surface area contributed by atoms with Crippen LogP contribution in [0.5, 0.6) is 0 Å². The van der Waals surface area contributed by atoms with E-state index in [1.165, 1.54) is 6.07 Å². The van der Waals surface area contributed by atoms with Gasteiger partial charge in [-0.3, -0.25) is 9.69 Å². The fourth-order valence-electron chi connectivity index (χ4n) is 2.57. The average molecular weight is 265 g/mol. The molecule has 4 nitrogen and oxygen atoms in total. The van der Waals surface area contributed by atoms with Crippen LogP contribution in [0.25, 0.3) is 0 Å². The van der Waals surface area contributed by atoms with E-state index < -0.39 is 0 Å². The molecule has 4 N–H and O–H groups in total. The maximum absolute atomic E-state index is 13.9. The van der Waals surface area contributed by atoms with Gasteiger partial charge in [0.05, 0.1) is 6.04 Å². The molecule has 1 amide bonds. The van der Waals surface area contributed by atoms with Crippen LogP contribution in [0.3, 0.4) is 0 Å². The standard InChI is InChI=1S/C14H20FN3O/c15-12-7-10(8-16)4-5-11(12)9-18-6-2-1-3-13(18)14(17)19/h4-5,7,13H,1-3,6,8-9,16H2,(H2,17,19). The van der Waals surface area contributed by atoms with Gasteiger partial charge in [0, 0.05) is 18.7 Å². The van der Waals surface area contributed by atoms with Gasteiger partial charge in [-0.15, -0.1) is 0 Å². The summed E-state index contributed by atoms with van der Waals surface area (Å²) < 4.78 is 13.9. The van der Waals surface area contributed by atoms with Gasteiger partial charge >= 0.3 is 0 Å². The van der Waals surface area contributed by atoms with Crippen molar-refractivity contribution in [1.82, 2.24) is 4.90 Å². The van der Waals surface area contributed by atoms with E-state index in [1.807, 2.05) is 11.0 Å². The number of nitrogens with two attached hydrogens (primary N) is 2. The van der Waals surface area contributed by atoms with Crippen LogP contribution < -0.4 is 11.5 Å². The summed E-state index contributed by atoms with van der Waals surface area (Å²) in [5, 5.41) is 0. The lowest BCUT2D eigenvalue weighted by molar-refractivity contribution is -0.124. The smallest absolute Gasteiger partial charge is 0.234 e. The Hall–Kier alpha value is -1.46. The van der Waals surface area contributed by atoms with Gasteiger partial charge in [-0.1, -0.05) is 18.6 Å². The summed E-state index contributed by atoms with van der Waals surface area (Å²) in [5.41, 5.74) is 12.2. The summed E-state index contributed by atoms with van der Waals surface area (Å²) in [7, 11) is 0. The number of rotatable bonds is 4. The Morgan fingerprint density at radius 2 is 2.21 bits per heavy atom. The van der Waals surface area contributed by atoms with E-state index in [9.17, 15) is 9.18 Å². The number of benzene rings is 1. The third kappa shape index (κ3) is 3.30. The Morgan fingerprint density at radius 1 is 1.42 bits per heavy atom. The molecule has 104 valence electrons. The molecule has 0 spiro atoms. The Balaban J connectivity index is 2.12. The SMILES string of the molecule is NCc1ccc(CN2CCCCC2C(N)=O)c(F)c1. The number of halogens is 1. The van der Waals surface area contributed by atoms with Gasteiger partial charge in [-0.2, -0.15) is 0 Å². The molecule has 1 aliphatic heterocycles. The van der Waals surface area contributed by atoms with Crippen LogP contribution in [0.4, 0.5) is 4.39 Å². The van der Waals surface area contributed by atoms with Crippen LogP contribution in [-0.4, -0.2) is 23.4 Å². The number of amides is 1. The van der Waals surface area contributed by atoms with E-state index in [1.54, 1.807) is 6.07 Å². The van der Waals surface area contributed by atoms with Crippen molar-refractivity contribution in [3.8, 4) is 0 Å². The van der Waals surface area contributed by atoms with E-state index >= 15 is 0 Å². The van der Waals surface area contributed by atoms with E-state index in [-0.39, 0.29) is 17.8 Å². The number of carbonyl (C=O) groups is 1. The minimum atomic E-state index is -0.321. The molecule has 0 saturated carbocycles. The maximum atomic E-state index is 13.9. The highest BCUT2D eigenvalue weighted by molar-refractivity contribution is 5.79. The minimum Gasteiger partial charge on any atom is -0.368 e. The Bertz CT molecular complexity index is 464. The van der Waals surface area contributed by atoms with E-state index in [0.29, 0.717) is 18.7 Å². The fourth-order valence-corrected chi connectivity index (χ4v) is 2.57. The van der Waals surface area contributed by atoms with E-state index in [4.69, 9.17) is 11.5 Å². The number of carbonyl (C=O) groups excluding carboxylic acids is 1. The first-order valence-electron chi connectivity index (χ1n) is 6.62. The monoisotopic (exact) mass is 265 g/mol. The fraction of sp³-hybridized carbons (Fsp3) is 0.500. The summed E-state index contributed by atoms with van der Waals surface area (Å²) in [6.07, 6.45) is 2.78. The second-order valence-corrected chi connectivity index (χ2v) is 5.01. The molecular formula is C14H20FN3O. The number of likely N-dealkylation sites (tertiary alicyclic amines) is 1. The largest absolute Gasteiger partial charge is 0.368 e. The van der Waals surface area contributed by atoms with Gasteiger partial charge in [0.1, 0.15) is 5.82 Å². The summed E-state index contributed by atoms with van der Waals surface area (Å²) in [5.74, 6) is -0.588. The highest BCUT2D eigenvalue weighted by Crippen LogP contribution is 2.21. The number of hydrogen-bond donors (Lipinski definition) is 2. The van der Waals surface area contributed by atoms with Crippen LogP contribution in [-0.2, 0) is 17.9 Å². The summed E-state index contributed by atoms with van der Waals surface area (Å²) in [4.78, 5) is 13.4. The van der Waals surface area contributed by atoms with Gasteiger partial charge in [-0.25, -0.2) is 4.39 Å². The Labute approximate surface area is 112 Å². The quantitative estimate of drug-likeness (QED) is 0.857. The minimum absolute atomic E-state index is 0.267. The van der Waals surface area contributed by atoms with Crippen molar-refractivity contribution in [3.05, 3.63) is 35.1 Å². The van der Waals surface area contributed by atoms with Crippen LogP contribution in [0.1, 0.15) is 30.4 Å². The molecule has 0 bridgehead atoms. The second kappa shape index (κ2) is 6.12. The zero-order valence-corrected chi connectivity index (χ0v) is 10.9. The van der Waals surface area contributed by atoms with Crippen LogP contribution in [0.2, 0.25) is 0 Å². The van der Waals surface area contributed by atoms with Gasteiger partial charge in [0.2, 0.25) is 5.91 Å². The van der Waals surface area contributed by atoms with E-state index in [2.05, 4.69) is 0 Å². The molecule has 1 aliphatic rings. The lowest BCUT2D eigenvalue weighted by Gasteiger charge is -2.33. The molecule has 1 saturated heterocycles. The molecule has 1 fully saturated rings. The molecule has 1 atom stereocenters. The van der Waals surface area contributed by atoms with Gasteiger partial charge in [0.25, 0.3) is 0 Å². The predicted molar refractivity (Wildman–Crippen MR) is 71.5 cm³/mol. The number of primary amides is 1. The van der Waals surface area contributed by atoms with Crippen LogP contribution >= 0.6 is 0 Å². The lowest BCUT2D eigenvalue weighted by Crippen LogP contribution is -2.47. The summed E-state index contributed by atoms with van der Waals surface area (Å²) in [6, 6.07) is 4.74. The molecule has 19 heavy (non-hydrogen) atoms. The third-order valence-electron chi connectivity index (χ3n) is 3.67. The first-order valence-corrected chi connectivity index (χ1v) is 6.62. The highest BCUT2D eigenvalue weighted by Gasteiger charge is 2.27. The molecule has 5 heteroatoms. The van der Waals surface area contributed by atoms with Crippen molar-refractivity contribution in [2.45, 2.75) is 38.4 Å². The zero-order chi connectivity index (χ0) is 13.8. The molecule has 0 aromatic heterocycles. The number of nitrogens with zero attached hydrogens (tertiary/aromatic N) is 1. The lowest BCUT2D eigenvalue weighted by atomic mass is 10.0. The van der Waals surface area contributed by atoms with Crippen LogP contribution in [0, 0.1) is 5.82 Å². The van der Waals surface area contributed by atoms with Crippen molar-refractivity contribution in [1.29, 1.82) is 0 Å². The van der Waals surface area contributed by atoms with Crippen molar-refractivity contribution in [3.63, 3.8) is 0 Å². The summed E-state index contributed by atoms with van der Waals surface area (Å²) in [6.45, 7) is 1.53. The molecule has 1 aromatic carbocycles. The molecular weight excluding hydrogens is 245 g/mol. The van der Waals surface area contributed by atoms with Gasteiger partial charge < -0.3 is 11.5 Å². The molecule has 2 rings (SSSR count). The average Bonchev–Trinajstić information content (AvgIpc) is 2.41. The first kappa shape index (κ1) is 14.0. The normalized spacial score (nSPS) is 20.4. The van der Waals surface area contributed by atoms with Crippen molar-refractivity contribution < 1.29 is 9.18 Å².